The third-order valence-electron chi connectivity index (χ3n) is 0.249. The average Bonchev–Trinajstić information content (AvgIpc) is 1.35. The number of hydrogen-bond donors (Lipinski definition) is 0. The van der Waals surface area contributed by atoms with Crippen LogP contribution in [0.5, 0.6) is 0 Å². The van der Waals surface area contributed by atoms with Crippen molar-refractivity contribution in [3.05, 3.63) is 12.8 Å². The summed E-state index contributed by atoms with van der Waals surface area (Å²) in [5, 5.41) is 0. The van der Waals surface area contributed by atoms with Crippen LogP contribution in [0.4, 0.5) is 0 Å². The van der Waals surface area contributed by atoms with E-state index in [1.165, 1.54) is 6.92 Å². The quantitative estimate of drug-likeness (QED) is 0.262. The summed E-state index contributed by atoms with van der Waals surface area (Å²) in [4.78, 5) is 9.75. The molecule has 0 rings (SSSR count). The number of esters is 1. The fourth-order valence-corrected chi connectivity index (χ4v) is 0.117. The predicted octanol–water partition coefficient (Wildman–Crippen LogP) is -8.30. The molecule has 0 aromatic rings. The molecular formula is C4H6Cl3FeO2. The molecule has 0 N–H and O–H groups in total. The van der Waals surface area contributed by atoms with Crippen LogP contribution < -0.4 is 37.2 Å². The molecule has 0 heterocycles. The Balaban J connectivity index is -0.0000000208. The molecule has 0 aliphatic heterocycles. The zero-order valence-electron chi connectivity index (χ0n) is 5.09. The number of ether oxygens (including phenoxy) is 1. The van der Waals surface area contributed by atoms with Gasteiger partial charge in [-0.3, -0.25) is 4.79 Å². The molecule has 0 saturated heterocycles. The zero-order valence-corrected chi connectivity index (χ0v) is 8.46. The number of halogens is 3. The molecule has 10 heavy (non-hydrogen) atoms. The van der Waals surface area contributed by atoms with Gasteiger partial charge >= 0.3 is 23.0 Å². The van der Waals surface area contributed by atoms with Gasteiger partial charge in [0.05, 0.1) is 6.26 Å². The first kappa shape index (κ1) is 31.2. The molecule has 0 amide bonds. The van der Waals surface area contributed by atoms with Gasteiger partial charge in [0.15, 0.2) is 0 Å². The van der Waals surface area contributed by atoms with Gasteiger partial charge in [0.25, 0.3) is 0 Å². The fourth-order valence-electron chi connectivity index (χ4n) is 0.117. The third kappa shape index (κ3) is 38.3. The Bertz CT molecular complexity index is 78.9. The normalized spacial score (nSPS) is 4.10. The molecule has 0 aliphatic rings. The van der Waals surface area contributed by atoms with Gasteiger partial charge in [-0.25, -0.2) is 0 Å². The summed E-state index contributed by atoms with van der Waals surface area (Å²) in [5.41, 5.74) is 0. The number of carbonyl (C=O) groups excluding carboxylic acids is 1. The largest absolute Gasteiger partial charge is 3.00 e. The van der Waals surface area contributed by atoms with Gasteiger partial charge in [-0.1, -0.05) is 6.58 Å². The molecule has 0 unspecified atom stereocenters. The Morgan fingerprint density at radius 3 is 1.70 bits per heavy atom. The van der Waals surface area contributed by atoms with Gasteiger partial charge in [0.1, 0.15) is 0 Å². The van der Waals surface area contributed by atoms with Crippen molar-refractivity contribution < 1.29 is 63.8 Å². The number of rotatable bonds is 1. The summed E-state index contributed by atoms with van der Waals surface area (Å²) in [5.74, 6) is -0.329. The molecule has 0 atom stereocenters. The second-order valence-corrected chi connectivity index (χ2v) is 0.776. The smallest absolute Gasteiger partial charge is 1.00 e. The Morgan fingerprint density at radius 2 is 1.70 bits per heavy atom. The van der Waals surface area contributed by atoms with Crippen LogP contribution in [0.3, 0.4) is 0 Å². The Hall–Kier alpha value is 0.599. The number of hydrogen-bond acceptors (Lipinski definition) is 2. The Kier molecular flexibility index (Phi) is 70.5. The van der Waals surface area contributed by atoms with E-state index in [0.717, 1.165) is 6.26 Å². The average molecular weight is 248 g/mol. The molecule has 0 aromatic carbocycles. The molecule has 2 nitrogen and oxygen atoms in total. The van der Waals surface area contributed by atoms with Crippen LogP contribution >= 0.6 is 0 Å². The van der Waals surface area contributed by atoms with E-state index in [1.54, 1.807) is 0 Å². The van der Waals surface area contributed by atoms with Crippen LogP contribution in [-0.2, 0) is 26.6 Å². The van der Waals surface area contributed by atoms with Gasteiger partial charge in [-0.2, -0.15) is 0 Å². The van der Waals surface area contributed by atoms with Crippen LogP contribution in [0.25, 0.3) is 0 Å². The van der Waals surface area contributed by atoms with Crippen molar-refractivity contribution >= 4 is 5.97 Å². The van der Waals surface area contributed by atoms with Gasteiger partial charge in [0.2, 0.25) is 0 Å². The van der Waals surface area contributed by atoms with Crippen molar-refractivity contribution in [3.63, 3.8) is 0 Å². The minimum atomic E-state index is -0.329. The summed E-state index contributed by atoms with van der Waals surface area (Å²) in [6, 6.07) is 0. The minimum Gasteiger partial charge on any atom is -1.00 e. The zero-order chi connectivity index (χ0) is 4.99. The first-order valence-electron chi connectivity index (χ1n) is 1.55. The van der Waals surface area contributed by atoms with Gasteiger partial charge in [-0.15, -0.1) is 0 Å². The maximum Gasteiger partial charge on any atom is 3.00 e. The van der Waals surface area contributed by atoms with Crippen LogP contribution in [0.15, 0.2) is 12.8 Å². The molecular weight excluding hydrogens is 242 g/mol. The van der Waals surface area contributed by atoms with Crippen molar-refractivity contribution in [2.75, 3.05) is 0 Å². The van der Waals surface area contributed by atoms with E-state index < -0.39 is 0 Å². The standard InChI is InChI=1S/C4H6O2.3ClH.Fe/c1-3-6-4(2)5;;;;/h3H,1H2,2H3;3*1H;/q;;;;+3/p-3. The first-order valence-corrected chi connectivity index (χ1v) is 1.55. The van der Waals surface area contributed by atoms with Crippen molar-refractivity contribution in [1.82, 2.24) is 0 Å². The molecule has 0 fully saturated rings. The van der Waals surface area contributed by atoms with E-state index in [2.05, 4.69) is 11.3 Å². The SMILES string of the molecule is C=COC(C)=O.[Cl-].[Cl-].[Cl-].[Fe+3]. The summed E-state index contributed by atoms with van der Waals surface area (Å²) < 4.78 is 4.17. The van der Waals surface area contributed by atoms with E-state index in [-0.39, 0.29) is 60.3 Å². The molecule has 0 aliphatic carbocycles. The topological polar surface area (TPSA) is 26.3 Å². The molecule has 1 radical (unpaired) electrons. The van der Waals surface area contributed by atoms with E-state index in [4.69, 9.17) is 0 Å². The first-order chi connectivity index (χ1) is 2.77. The summed E-state index contributed by atoms with van der Waals surface area (Å²) in [7, 11) is 0. The van der Waals surface area contributed by atoms with E-state index in [0.29, 0.717) is 0 Å². The van der Waals surface area contributed by atoms with Crippen LogP contribution in [0.1, 0.15) is 6.92 Å². The second-order valence-electron chi connectivity index (χ2n) is 0.776. The van der Waals surface area contributed by atoms with E-state index >= 15 is 0 Å². The molecule has 0 bridgehead atoms. The summed E-state index contributed by atoms with van der Waals surface area (Å²) >= 11 is 0. The van der Waals surface area contributed by atoms with Crippen LogP contribution in [-0.4, -0.2) is 5.97 Å². The molecule has 0 spiro atoms. The predicted molar refractivity (Wildman–Crippen MR) is 22.0 cm³/mol. The molecule has 63 valence electrons. The summed E-state index contributed by atoms with van der Waals surface area (Å²) in [6.45, 7) is 4.48. The van der Waals surface area contributed by atoms with Crippen LogP contribution in [0, 0.1) is 0 Å². The van der Waals surface area contributed by atoms with Crippen molar-refractivity contribution in [3.8, 4) is 0 Å². The maximum absolute atomic E-state index is 9.75. The minimum absolute atomic E-state index is 0. The Labute approximate surface area is 89.5 Å². The maximum atomic E-state index is 9.75. The molecule has 0 saturated carbocycles. The summed E-state index contributed by atoms with van der Waals surface area (Å²) in [6.07, 6.45) is 1.10. The van der Waals surface area contributed by atoms with Crippen molar-refractivity contribution in [2.24, 2.45) is 0 Å². The third-order valence-corrected chi connectivity index (χ3v) is 0.249. The van der Waals surface area contributed by atoms with Gasteiger partial charge in [-0.05, 0) is 0 Å². The van der Waals surface area contributed by atoms with Crippen molar-refractivity contribution in [1.29, 1.82) is 0 Å². The van der Waals surface area contributed by atoms with Crippen LogP contribution in [0.2, 0.25) is 0 Å². The Morgan fingerprint density at radius 1 is 1.40 bits per heavy atom. The number of carbonyl (C=O) groups is 1. The van der Waals surface area contributed by atoms with Gasteiger partial charge < -0.3 is 42.0 Å². The fraction of sp³-hybridized carbons (Fsp3) is 0.250. The molecule has 6 heteroatoms. The van der Waals surface area contributed by atoms with E-state index in [1.807, 2.05) is 0 Å². The second kappa shape index (κ2) is 22.6. The monoisotopic (exact) mass is 247 g/mol. The van der Waals surface area contributed by atoms with Gasteiger partial charge in [0, 0.05) is 6.92 Å². The van der Waals surface area contributed by atoms with E-state index in [9.17, 15) is 4.79 Å². The molecule has 0 aromatic heterocycles. The van der Waals surface area contributed by atoms with Crippen molar-refractivity contribution in [2.45, 2.75) is 6.92 Å².